The molecule has 0 saturated heterocycles. The van der Waals surface area contributed by atoms with E-state index in [-0.39, 0.29) is 6.04 Å². The maximum Gasteiger partial charge on any atom is 0.405 e. The number of halogens is 3. The first-order valence-corrected chi connectivity index (χ1v) is 6.27. The van der Waals surface area contributed by atoms with Crippen LogP contribution in [0.3, 0.4) is 0 Å². The summed E-state index contributed by atoms with van der Waals surface area (Å²) in [6.45, 7) is 0.776. The minimum absolute atomic E-state index is 0.159. The molecule has 0 aliphatic carbocycles. The molecule has 0 saturated carbocycles. The number of hydrogen-bond donors (Lipinski definition) is 1. The second kappa shape index (κ2) is 5.32. The molecule has 1 unspecified atom stereocenters. The molecule has 110 valence electrons. The molecule has 1 atom stereocenters. The molecule has 20 heavy (non-hydrogen) atoms. The van der Waals surface area contributed by atoms with Crippen LogP contribution in [0, 0.1) is 0 Å². The highest BCUT2D eigenvalue weighted by atomic mass is 19.4. The van der Waals surface area contributed by atoms with E-state index >= 15 is 0 Å². The number of rotatable bonds is 4. The van der Waals surface area contributed by atoms with Crippen LogP contribution in [0.5, 0.6) is 0 Å². The molecule has 0 amide bonds. The summed E-state index contributed by atoms with van der Waals surface area (Å²) in [6, 6.07) is 5.21. The van der Waals surface area contributed by atoms with Crippen molar-refractivity contribution in [3.63, 3.8) is 0 Å². The molecule has 2 aromatic rings. The lowest BCUT2D eigenvalue weighted by Crippen LogP contribution is -2.32. The van der Waals surface area contributed by atoms with E-state index in [1.54, 1.807) is 22.7 Å². The van der Waals surface area contributed by atoms with Crippen LogP contribution in [0.2, 0.25) is 0 Å². The summed E-state index contributed by atoms with van der Waals surface area (Å²) >= 11 is 0. The van der Waals surface area contributed by atoms with Gasteiger partial charge in [-0.2, -0.15) is 13.2 Å². The number of imidazole rings is 1. The maximum absolute atomic E-state index is 12.5. The van der Waals surface area contributed by atoms with Gasteiger partial charge in [0.2, 0.25) is 0 Å². The molecule has 2 rings (SSSR count). The molecule has 2 N–H and O–H groups in total. The third-order valence-corrected chi connectivity index (χ3v) is 2.90. The highest BCUT2D eigenvalue weighted by Crippen LogP contribution is 2.25. The quantitative estimate of drug-likeness (QED) is 0.937. The SMILES string of the molecule is CC(N)Cc1c(N(C)CC(F)(F)F)nc2ccccn12. The first-order valence-electron chi connectivity index (χ1n) is 6.27. The number of aromatic nitrogens is 2. The summed E-state index contributed by atoms with van der Waals surface area (Å²) in [5.74, 6) is 0.325. The van der Waals surface area contributed by atoms with Gasteiger partial charge in [0.25, 0.3) is 0 Å². The van der Waals surface area contributed by atoms with E-state index < -0.39 is 12.7 Å². The Kier molecular flexibility index (Phi) is 3.89. The molecular formula is C13H17F3N4. The summed E-state index contributed by atoms with van der Waals surface area (Å²) in [6.07, 6.45) is -2.02. The number of nitrogens with zero attached hydrogens (tertiary/aromatic N) is 3. The lowest BCUT2D eigenvalue weighted by Gasteiger charge is -2.20. The highest BCUT2D eigenvalue weighted by molar-refractivity contribution is 5.56. The fraction of sp³-hybridized carbons (Fsp3) is 0.462. The highest BCUT2D eigenvalue weighted by Gasteiger charge is 2.31. The maximum atomic E-state index is 12.5. The minimum atomic E-state index is -4.27. The van der Waals surface area contributed by atoms with Crippen molar-refractivity contribution < 1.29 is 13.2 Å². The molecule has 2 aromatic heterocycles. The topological polar surface area (TPSA) is 46.6 Å². The predicted molar refractivity (Wildman–Crippen MR) is 71.9 cm³/mol. The Balaban J connectivity index is 2.45. The Morgan fingerprint density at radius 2 is 2.10 bits per heavy atom. The molecule has 0 radical (unpaired) electrons. The fourth-order valence-corrected chi connectivity index (χ4v) is 2.18. The van der Waals surface area contributed by atoms with E-state index in [4.69, 9.17) is 5.73 Å². The van der Waals surface area contributed by atoms with Gasteiger partial charge in [-0.05, 0) is 19.1 Å². The zero-order valence-electron chi connectivity index (χ0n) is 11.4. The zero-order chi connectivity index (χ0) is 14.9. The molecule has 0 aliphatic rings. The van der Waals surface area contributed by atoms with E-state index in [0.717, 1.165) is 4.90 Å². The van der Waals surface area contributed by atoms with Crippen LogP contribution in [0.1, 0.15) is 12.6 Å². The van der Waals surface area contributed by atoms with E-state index in [0.29, 0.717) is 23.6 Å². The normalized spacial score (nSPS) is 13.7. The molecule has 0 spiro atoms. The van der Waals surface area contributed by atoms with Gasteiger partial charge < -0.3 is 15.0 Å². The van der Waals surface area contributed by atoms with Crippen LogP contribution >= 0.6 is 0 Å². The van der Waals surface area contributed by atoms with Crippen LogP contribution in [0.15, 0.2) is 24.4 Å². The number of anilines is 1. The van der Waals surface area contributed by atoms with Crippen molar-refractivity contribution in [2.24, 2.45) is 5.73 Å². The molecule has 0 bridgehead atoms. The van der Waals surface area contributed by atoms with Crippen molar-refractivity contribution in [2.45, 2.75) is 25.6 Å². The largest absolute Gasteiger partial charge is 0.405 e. The first-order chi connectivity index (χ1) is 9.28. The van der Waals surface area contributed by atoms with Crippen LogP contribution < -0.4 is 10.6 Å². The summed E-state index contributed by atoms with van der Waals surface area (Å²) < 4.78 is 39.4. The molecular weight excluding hydrogens is 269 g/mol. The van der Waals surface area contributed by atoms with Crippen molar-refractivity contribution in [3.8, 4) is 0 Å². The molecule has 2 heterocycles. The third-order valence-electron chi connectivity index (χ3n) is 2.90. The number of hydrogen-bond acceptors (Lipinski definition) is 3. The monoisotopic (exact) mass is 286 g/mol. The van der Waals surface area contributed by atoms with Crippen molar-refractivity contribution in [2.75, 3.05) is 18.5 Å². The smallest absolute Gasteiger partial charge is 0.349 e. The Hall–Kier alpha value is -1.76. The van der Waals surface area contributed by atoms with Crippen molar-refractivity contribution in [3.05, 3.63) is 30.1 Å². The van der Waals surface area contributed by atoms with Crippen LogP contribution in [0.4, 0.5) is 19.0 Å². The Morgan fingerprint density at radius 1 is 1.40 bits per heavy atom. The molecule has 0 aromatic carbocycles. The fourth-order valence-electron chi connectivity index (χ4n) is 2.18. The second-order valence-corrected chi connectivity index (χ2v) is 4.96. The van der Waals surface area contributed by atoms with Gasteiger partial charge in [-0.15, -0.1) is 0 Å². The van der Waals surface area contributed by atoms with Gasteiger partial charge in [-0.25, -0.2) is 4.98 Å². The minimum Gasteiger partial charge on any atom is -0.349 e. The molecule has 7 heteroatoms. The average molecular weight is 286 g/mol. The Morgan fingerprint density at radius 3 is 2.70 bits per heavy atom. The molecule has 0 fully saturated rings. The van der Waals surface area contributed by atoms with Gasteiger partial charge in [0.1, 0.15) is 12.2 Å². The van der Waals surface area contributed by atoms with Crippen LogP contribution in [0.25, 0.3) is 5.65 Å². The zero-order valence-corrected chi connectivity index (χ0v) is 11.4. The van der Waals surface area contributed by atoms with Gasteiger partial charge in [0, 0.05) is 25.7 Å². The summed E-state index contributed by atoms with van der Waals surface area (Å²) in [5, 5.41) is 0. The third kappa shape index (κ3) is 3.22. The van der Waals surface area contributed by atoms with Gasteiger partial charge in [-0.3, -0.25) is 0 Å². The van der Waals surface area contributed by atoms with E-state index in [2.05, 4.69) is 4.98 Å². The summed E-state index contributed by atoms with van der Waals surface area (Å²) in [4.78, 5) is 5.40. The lowest BCUT2D eigenvalue weighted by molar-refractivity contribution is -0.119. The summed E-state index contributed by atoms with van der Waals surface area (Å²) in [7, 11) is 1.39. The van der Waals surface area contributed by atoms with E-state index in [9.17, 15) is 13.2 Å². The number of alkyl halides is 3. The van der Waals surface area contributed by atoms with E-state index in [1.807, 2.05) is 13.0 Å². The molecule has 0 aliphatic heterocycles. The Bertz CT molecular complexity index is 589. The summed E-state index contributed by atoms with van der Waals surface area (Å²) in [5.41, 5.74) is 7.10. The van der Waals surface area contributed by atoms with Gasteiger partial charge in [-0.1, -0.05) is 6.07 Å². The van der Waals surface area contributed by atoms with Crippen LogP contribution in [-0.2, 0) is 6.42 Å². The van der Waals surface area contributed by atoms with Crippen molar-refractivity contribution in [1.29, 1.82) is 0 Å². The average Bonchev–Trinajstić information content (AvgIpc) is 2.66. The first kappa shape index (κ1) is 14.6. The van der Waals surface area contributed by atoms with Gasteiger partial charge in [0.05, 0.1) is 5.69 Å². The van der Waals surface area contributed by atoms with E-state index in [1.165, 1.54) is 7.05 Å². The van der Waals surface area contributed by atoms with Crippen molar-refractivity contribution >= 4 is 11.5 Å². The van der Waals surface area contributed by atoms with Gasteiger partial charge in [0.15, 0.2) is 5.82 Å². The second-order valence-electron chi connectivity index (χ2n) is 4.96. The van der Waals surface area contributed by atoms with Crippen LogP contribution in [-0.4, -0.2) is 35.2 Å². The number of fused-ring (bicyclic) bond motifs is 1. The predicted octanol–water partition coefficient (Wildman–Crippen LogP) is 2.22. The number of pyridine rings is 1. The Labute approximate surface area is 115 Å². The lowest BCUT2D eigenvalue weighted by atomic mass is 10.2. The standard InChI is InChI=1S/C13H17F3N4/c1-9(17)7-10-12(19(2)8-13(14,15)16)18-11-5-3-4-6-20(10)11/h3-6,9H,7-8,17H2,1-2H3. The molecule has 4 nitrogen and oxygen atoms in total. The van der Waals surface area contributed by atoms with Crippen molar-refractivity contribution in [1.82, 2.24) is 9.38 Å². The van der Waals surface area contributed by atoms with Gasteiger partial charge >= 0.3 is 6.18 Å². The number of nitrogens with two attached hydrogens (primary N) is 1.